The van der Waals surface area contributed by atoms with Gasteiger partial charge in [-0.25, -0.2) is 8.42 Å². The van der Waals surface area contributed by atoms with Crippen LogP contribution in [0.5, 0.6) is 0 Å². The van der Waals surface area contributed by atoms with Gasteiger partial charge in [0.2, 0.25) is 11.8 Å². The molecule has 11 heteroatoms. The number of benzene rings is 3. The van der Waals surface area contributed by atoms with Crippen LogP contribution in [0.3, 0.4) is 0 Å². The molecule has 0 radical (unpaired) electrons. The Morgan fingerprint density at radius 1 is 0.929 bits per heavy atom. The summed E-state index contributed by atoms with van der Waals surface area (Å²) in [7, 11) is -4.21. The lowest BCUT2D eigenvalue weighted by Gasteiger charge is -2.33. The number of rotatable bonds is 10. The predicted molar refractivity (Wildman–Crippen MR) is 169 cm³/mol. The highest BCUT2D eigenvalue weighted by Crippen LogP contribution is 2.31. The maximum Gasteiger partial charge on any atom is 0.264 e. The van der Waals surface area contributed by atoms with Crippen molar-refractivity contribution in [1.82, 2.24) is 10.2 Å². The number of nitrogens with zero attached hydrogens (tertiary/aromatic N) is 2. The Balaban J connectivity index is 1.73. The summed E-state index contributed by atoms with van der Waals surface area (Å²) in [5, 5.41) is 4.13. The summed E-state index contributed by atoms with van der Waals surface area (Å²) in [6, 6.07) is 15.3. The van der Waals surface area contributed by atoms with E-state index in [1.165, 1.54) is 23.1 Å². The molecule has 0 bridgehead atoms. The van der Waals surface area contributed by atoms with Gasteiger partial charge < -0.3 is 10.2 Å². The van der Waals surface area contributed by atoms with Gasteiger partial charge in [-0.05, 0) is 81.1 Å². The monoisotopic (exact) mass is 649 g/mol. The molecule has 224 valence electrons. The summed E-state index contributed by atoms with van der Waals surface area (Å²) in [5.41, 5.74) is 2.34. The quantitative estimate of drug-likeness (QED) is 0.258. The maximum absolute atomic E-state index is 14.2. The lowest BCUT2D eigenvalue weighted by Crippen LogP contribution is -2.52. The fraction of sp³-hybridized carbons (Fsp3) is 0.355. The standard InChI is InChI=1S/C31H34Cl3N3O4S/c1-20-8-14-27(15-9-20)42(40,41)37(29-17-25(33)12-10-21(29)2)19-30(38)36(18-23-11-13-24(32)16-28(23)34)22(3)31(39)35-26-6-4-5-7-26/h8-17,22,26H,4-7,18-19H2,1-3H3,(H,35,39)/t22-/m1/s1. The van der Waals surface area contributed by atoms with Crippen LogP contribution in [0.15, 0.2) is 65.6 Å². The van der Waals surface area contributed by atoms with Crippen LogP contribution < -0.4 is 9.62 Å². The summed E-state index contributed by atoms with van der Waals surface area (Å²) in [6.45, 7) is 4.65. The summed E-state index contributed by atoms with van der Waals surface area (Å²) in [6.07, 6.45) is 3.83. The summed E-state index contributed by atoms with van der Waals surface area (Å²) < 4.78 is 29.1. The molecular weight excluding hydrogens is 617 g/mol. The molecule has 1 saturated carbocycles. The summed E-state index contributed by atoms with van der Waals surface area (Å²) in [5.74, 6) is -0.891. The van der Waals surface area contributed by atoms with Crippen LogP contribution in [0, 0.1) is 13.8 Å². The van der Waals surface area contributed by atoms with Crippen molar-refractivity contribution in [3.05, 3.63) is 92.4 Å². The Bertz CT molecular complexity index is 1560. The molecule has 1 aliphatic carbocycles. The van der Waals surface area contributed by atoms with E-state index in [1.807, 2.05) is 6.92 Å². The molecule has 0 saturated heterocycles. The number of amides is 2. The zero-order valence-corrected chi connectivity index (χ0v) is 26.8. The Kier molecular flexibility index (Phi) is 10.5. The van der Waals surface area contributed by atoms with E-state index < -0.39 is 28.5 Å². The normalized spacial score (nSPS) is 14.4. The van der Waals surface area contributed by atoms with Gasteiger partial charge in [-0.3, -0.25) is 13.9 Å². The maximum atomic E-state index is 14.2. The van der Waals surface area contributed by atoms with Crippen molar-refractivity contribution in [2.45, 2.75) is 70.0 Å². The van der Waals surface area contributed by atoms with Gasteiger partial charge in [0.05, 0.1) is 10.6 Å². The van der Waals surface area contributed by atoms with Crippen molar-refractivity contribution in [1.29, 1.82) is 0 Å². The number of carbonyl (C=O) groups is 2. The van der Waals surface area contributed by atoms with Gasteiger partial charge in [-0.2, -0.15) is 0 Å². The average Bonchev–Trinajstić information content (AvgIpc) is 3.45. The zero-order valence-electron chi connectivity index (χ0n) is 23.7. The van der Waals surface area contributed by atoms with Gasteiger partial charge in [0.25, 0.3) is 10.0 Å². The van der Waals surface area contributed by atoms with Gasteiger partial charge in [-0.15, -0.1) is 0 Å². The van der Waals surface area contributed by atoms with E-state index in [0.717, 1.165) is 35.6 Å². The van der Waals surface area contributed by atoms with E-state index in [-0.39, 0.29) is 29.1 Å². The van der Waals surface area contributed by atoms with Crippen LogP contribution in [0.2, 0.25) is 15.1 Å². The molecule has 42 heavy (non-hydrogen) atoms. The molecule has 0 heterocycles. The lowest BCUT2D eigenvalue weighted by molar-refractivity contribution is -0.139. The molecule has 7 nitrogen and oxygen atoms in total. The predicted octanol–water partition coefficient (Wildman–Crippen LogP) is 6.94. The highest BCUT2D eigenvalue weighted by atomic mass is 35.5. The first-order chi connectivity index (χ1) is 19.9. The molecule has 3 aromatic rings. The van der Waals surface area contributed by atoms with E-state index in [1.54, 1.807) is 56.3 Å². The minimum atomic E-state index is -4.21. The van der Waals surface area contributed by atoms with Crippen LogP contribution >= 0.6 is 34.8 Å². The van der Waals surface area contributed by atoms with Crippen LogP contribution in [-0.4, -0.2) is 43.8 Å². The molecule has 0 unspecified atom stereocenters. The molecule has 0 spiro atoms. The molecule has 1 atom stereocenters. The number of nitrogens with one attached hydrogen (secondary N) is 1. The molecule has 3 aromatic carbocycles. The second kappa shape index (κ2) is 13.7. The first-order valence-corrected chi connectivity index (χ1v) is 16.3. The van der Waals surface area contributed by atoms with Crippen LogP contribution in [-0.2, 0) is 26.2 Å². The minimum Gasteiger partial charge on any atom is -0.352 e. The fourth-order valence-corrected chi connectivity index (χ4v) is 7.12. The van der Waals surface area contributed by atoms with Crippen molar-refractivity contribution in [3.8, 4) is 0 Å². The first kappa shape index (κ1) is 32.1. The largest absolute Gasteiger partial charge is 0.352 e. The molecule has 1 aliphatic rings. The van der Waals surface area contributed by atoms with Crippen LogP contribution in [0.25, 0.3) is 0 Å². The van der Waals surface area contributed by atoms with E-state index in [4.69, 9.17) is 34.8 Å². The summed E-state index contributed by atoms with van der Waals surface area (Å²) in [4.78, 5) is 28.9. The molecule has 1 fully saturated rings. The van der Waals surface area contributed by atoms with Crippen molar-refractivity contribution in [2.24, 2.45) is 0 Å². The Morgan fingerprint density at radius 3 is 2.19 bits per heavy atom. The van der Waals surface area contributed by atoms with Crippen LogP contribution in [0.1, 0.15) is 49.3 Å². The molecule has 2 amide bonds. The Labute approximate surface area is 262 Å². The molecule has 0 aliphatic heterocycles. The Hall–Kier alpha value is -2.78. The smallest absolute Gasteiger partial charge is 0.264 e. The van der Waals surface area contributed by atoms with Gasteiger partial charge in [-0.1, -0.05) is 77.5 Å². The zero-order chi connectivity index (χ0) is 30.6. The number of anilines is 1. The topological polar surface area (TPSA) is 86.8 Å². The second-order valence-electron chi connectivity index (χ2n) is 10.7. The lowest BCUT2D eigenvalue weighted by atomic mass is 10.1. The number of sulfonamides is 1. The van der Waals surface area contributed by atoms with E-state index in [0.29, 0.717) is 26.2 Å². The minimum absolute atomic E-state index is 0.0267. The van der Waals surface area contributed by atoms with Gasteiger partial charge in [0.1, 0.15) is 12.6 Å². The number of halogens is 3. The number of aryl methyl sites for hydroxylation is 2. The SMILES string of the molecule is Cc1ccc(S(=O)(=O)N(CC(=O)N(Cc2ccc(Cl)cc2Cl)[C@H](C)C(=O)NC2CCCC2)c2cc(Cl)ccc2C)cc1. The fourth-order valence-electron chi connectivity index (χ4n) is 5.01. The molecule has 1 N–H and O–H groups in total. The third kappa shape index (κ3) is 7.59. The molecule has 0 aromatic heterocycles. The molecular formula is C31H34Cl3N3O4S. The van der Waals surface area contributed by atoms with E-state index in [2.05, 4.69) is 5.32 Å². The molecule has 4 rings (SSSR count). The van der Waals surface area contributed by atoms with Gasteiger partial charge in [0.15, 0.2) is 0 Å². The van der Waals surface area contributed by atoms with Crippen LogP contribution in [0.4, 0.5) is 5.69 Å². The van der Waals surface area contributed by atoms with Gasteiger partial charge in [0, 0.05) is 27.7 Å². The number of hydrogen-bond acceptors (Lipinski definition) is 4. The van der Waals surface area contributed by atoms with Crippen molar-refractivity contribution in [2.75, 3.05) is 10.8 Å². The second-order valence-corrected chi connectivity index (χ2v) is 13.8. The Morgan fingerprint density at radius 2 is 1.55 bits per heavy atom. The van der Waals surface area contributed by atoms with Gasteiger partial charge >= 0.3 is 0 Å². The van der Waals surface area contributed by atoms with E-state index in [9.17, 15) is 18.0 Å². The average molecular weight is 651 g/mol. The first-order valence-electron chi connectivity index (χ1n) is 13.8. The van der Waals surface area contributed by atoms with Crippen molar-refractivity contribution < 1.29 is 18.0 Å². The highest BCUT2D eigenvalue weighted by Gasteiger charge is 2.34. The number of hydrogen-bond donors (Lipinski definition) is 1. The van der Waals surface area contributed by atoms with Crippen molar-refractivity contribution >= 4 is 62.3 Å². The third-order valence-corrected chi connectivity index (χ3v) is 10.1. The highest BCUT2D eigenvalue weighted by molar-refractivity contribution is 7.92. The van der Waals surface area contributed by atoms with Crippen molar-refractivity contribution in [3.63, 3.8) is 0 Å². The summed E-state index contributed by atoms with van der Waals surface area (Å²) >= 11 is 18.8. The van der Waals surface area contributed by atoms with E-state index >= 15 is 0 Å². The third-order valence-electron chi connectivity index (χ3n) is 7.55. The number of carbonyl (C=O) groups excluding carboxylic acids is 2.